The summed E-state index contributed by atoms with van der Waals surface area (Å²) in [6, 6.07) is 11.4. The van der Waals surface area contributed by atoms with Gasteiger partial charge in [-0.25, -0.2) is 17.9 Å². The standard InChI is InChI=1S/C26H29N3O5S/c1-4-29-25(30)22-12-7-6-11-21(22)24(27-29)18-14-13-17(3)23(16-18)35(32,33)28-20-10-8-9-19(15-20)26(31)34-5-2/h8-10,13-16,28H,4-7,11-12H2,1-3H3. The summed E-state index contributed by atoms with van der Waals surface area (Å²) in [5.74, 6) is -0.520. The molecule has 1 aromatic heterocycles. The molecule has 3 aromatic rings. The Kier molecular flexibility index (Phi) is 7.07. The number of hydrogen-bond donors (Lipinski definition) is 1. The van der Waals surface area contributed by atoms with Crippen LogP contribution in [0, 0.1) is 6.92 Å². The molecule has 4 rings (SSSR count). The number of nitrogens with zero attached hydrogens (tertiary/aromatic N) is 2. The predicted molar refractivity (Wildman–Crippen MR) is 134 cm³/mol. The summed E-state index contributed by atoms with van der Waals surface area (Å²) in [5, 5.41) is 4.60. The quantitative estimate of drug-likeness (QED) is 0.495. The van der Waals surface area contributed by atoms with Crippen molar-refractivity contribution in [1.82, 2.24) is 9.78 Å². The lowest BCUT2D eigenvalue weighted by atomic mass is 9.89. The van der Waals surface area contributed by atoms with Crippen molar-refractivity contribution in [1.29, 1.82) is 0 Å². The second-order valence-corrected chi connectivity index (χ2v) is 10.2. The summed E-state index contributed by atoms with van der Waals surface area (Å²) in [4.78, 5) is 24.9. The van der Waals surface area contributed by atoms with Crippen LogP contribution in [0.5, 0.6) is 0 Å². The first-order valence-electron chi connectivity index (χ1n) is 11.8. The molecule has 35 heavy (non-hydrogen) atoms. The lowest BCUT2D eigenvalue weighted by Crippen LogP contribution is -2.30. The molecule has 1 aliphatic rings. The van der Waals surface area contributed by atoms with Crippen molar-refractivity contribution in [2.45, 2.75) is 57.9 Å². The molecule has 0 saturated heterocycles. The van der Waals surface area contributed by atoms with E-state index in [0.717, 1.165) is 30.4 Å². The Bertz CT molecular complexity index is 1440. The number of anilines is 1. The molecule has 0 atom stereocenters. The monoisotopic (exact) mass is 495 g/mol. The number of esters is 1. The summed E-state index contributed by atoms with van der Waals surface area (Å²) >= 11 is 0. The van der Waals surface area contributed by atoms with Crippen molar-refractivity contribution in [3.63, 3.8) is 0 Å². The summed E-state index contributed by atoms with van der Waals surface area (Å²) < 4.78 is 35.8. The molecule has 1 heterocycles. The summed E-state index contributed by atoms with van der Waals surface area (Å²) in [7, 11) is -3.97. The Morgan fingerprint density at radius 1 is 1.09 bits per heavy atom. The van der Waals surface area contributed by atoms with E-state index in [1.807, 2.05) is 13.0 Å². The van der Waals surface area contributed by atoms with E-state index in [4.69, 9.17) is 4.74 Å². The molecule has 8 nitrogen and oxygen atoms in total. The van der Waals surface area contributed by atoms with Crippen LogP contribution in [-0.2, 0) is 34.1 Å². The summed E-state index contributed by atoms with van der Waals surface area (Å²) in [5.41, 5.74) is 4.02. The van der Waals surface area contributed by atoms with E-state index < -0.39 is 16.0 Å². The smallest absolute Gasteiger partial charge is 0.338 e. The largest absolute Gasteiger partial charge is 0.462 e. The number of nitrogens with one attached hydrogen (secondary N) is 1. The van der Waals surface area contributed by atoms with Crippen molar-refractivity contribution >= 4 is 21.7 Å². The van der Waals surface area contributed by atoms with E-state index in [-0.39, 0.29) is 28.3 Å². The molecule has 1 N–H and O–H groups in total. The zero-order chi connectivity index (χ0) is 25.2. The SMILES string of the molecule is CCOC(=O)c1cccc(NS(=O)(=O)c2cc(-c3nn(CC)c(=O)c4c3CCCC4)ccc2C)c1. The Labute approximate surface area is 205 Å². The van der Waals surface area contributed by atoms with Crippen LogP contribution >= 0.6 is 0 Å². The Hall–Kier alpha value is -3.46. The van der Waals surface area contributed by atoms with Crippen LogP contribution < -0.4 is 10.3 Å². The molecule has 0 amide bonds. The topological polar surface area (TPSA) is 107 Å². The maximum atomic E-state index is 13.4. The van der Waals surface area contributed by atoms with Gasteiger partial charge in [0.05, 0.1) is 22.8 Å². The average molecular weight is 496 g/mol. The van der Waals surface area contributed by atoms with Gasteiger partial charge in [-0.05, 0) is 81.8 Å². The first-order valence-corrected chi connectivity index (χ1v) is 13.3. The molecule has 0 bridgehead atoms. The average Bonchev–Trinajstić information content (AvgIpc) is 2.85. The Morgan fingerprint density at radius 2 is 1.83 bits per heavy atom. The fraction of sp³-hybridized carbons (Fsp3) is 0.346. The third-order valence-corrected chi connectivity index (χ3v) is 7.67. The van der Waals surface area contributed by atoms with Crippen molar-refractivity contribution in [2.75, 3.05) is 11.3 Å². The van der Waals surface area contributed by atoms with Crippen LogP contribution in [0.2, 0.25) is 0 Å². The van der Waals surface area contributed by atoms with Crippen LogP contribution in [0.25, 0.3) is 11.3 Å². The molecule has 0 radical (unpaired) electrons. The van der Waals surface area contributed by atoms with Gasteiger partial charge >= 0.3 is 5.97 Å². The van der Waals surface area contributed by atoms with Gasteiger partial charge in [0.1, 0.15) is 0 Å². The van der Waals surface area contributed by atoms with E-state index in [0.29, 0.717) is 29.8 Å². The first kappa shape index (κ1) is 24.7. The van der Waals surface area contributed by atoms with Crippen LogP contribution in [0.3, 0.4) is 0 Å². The molecule has 0 fully saturated rings. The first-order chi connectivity index (χ1) is 16.7. The number of aromatic nitrogens is 2. The molecule has 2 aromatic carbocycles. The number of aryl methyl sites for hydroxylation is 2. The lowest BCUT2D eigenvalue weighted by molar-refractivity contribution is 0.0526. The Balaban J connectivity index is 1.75. The summed E-state index contributed by atoms with van der Waals surface area (Å²) in [6.07, 6.45) is 3.37. The number of carbonyl (C=O) groups excluding carboxylic acids is 1. The van der Waals surface area contributed by atoms with E-state index in [9.17, 15) is 18.0 Å². The molecule has 0 spiro atoms. The zero-order valence-electron chi connectivity index (χ0n) is 20.1. The fourth-order valence-corrected chi connectivity index (χ4v) is 5.72. The highest BCUT2D eigenvalue weighted by atomic mass is 32.2. The minimum atomic E-state index is -3.97. The van der Waals surface area contributed by atoms with Crippen molar-refractivity contribution in [3.8, 4) is 11.3 Å². The zero-order valence-corrected chi connectivity index (χ0v) is 20.9. The number of benzene rings is 2. The number of carbonyl (C=O) groups is 1. The molecule has 0 aliphatic heterocycles. The van der Waals surface area contributed by atoms with Gasteiger partial charge in [0.25, 0.3) is 15.6 Å². The van der Waals surface area contributed by atoms with Gasteiger partial charge in [0, 0.05) is 23.4 Å². The third-order valence-electron chi connectivity index (χ3n) is 6.14. The maximum absolute atomic E-state index is 13.4. The fourth-order valence-electron chi connectivity index (χ4n) is 4.40. The minimum Gasteiger partial charge on any atom is -0.462 e. The second-order valence-electron chi connectivity index (χ2n) is 8.52. The van der Waals surface area contributed by atoms with Gasteiger partial charge in [-0.1, -0.05) is 18.2 Å². The molecule has 1 aliphatic carbocycles. The lowest BCUT2D eigenvalue weighted by Gasteiger charge is -2.20. The second kappa shape index (κ2) is 10.0. The van der Waals surface area contributed by atoms with Gasteiger partial charge in [-0.3, -0.25) is 9.52 Å². The van der Waals surface area contributed by atoms with E-state index >= 15 is 0 Å². The molecule has 0 unspecified atom stereocenters. The third kappa shape index (κ3) is 5.00. The number of sulfonamides is 1. The molecular formula is C26H29N3O5S. The molecular weight excluding hydrogens is 466 g/mol. The molecule has 9 heteroatoms. The van der Waals surface area contributed by atoms with Gasteiger partial charge in [-0.2, -0.15) is 5.10 Å². The maximum Gasteiger partial charge on any atom is 0.338 e. The van der Waals surface area contributed by atoms with E-state index in [1.54, 1.807) is 44.2 Å². The van der Waals surface area contributed by atoms with Crippen LogP contribution in [0.4, 0.5) is 5.69 Å². The predicted octanol–water partition coefficient (Wildman–Crippen LogP) is 4.09. The highest BCUT2D eigenvalue weighted by Gasteiger charge is 2.24. The number of ether oxygens (including phenoxy) is 1. The highest BCUT2D eigenvalue weighted by Crippen LogP contribution is 2.31. The van der Waals surface area contributed by atoms with Crippen LogP contribution in [-0.4, -0.2) is 30.8 Å². The van der Waals surface area contributed by atoms with Crippen LogP contribution in [0.1, 0.15) is 53.7 Å². The molecule has 184 valence electrons. The van der Waals surface area contributed by atoms with Crippen molar-refractivity contribution in [3.05, 3.63) is 75.1 Å². The molecule has 0 saturated carbocycles. The van der Waals surface area contributed by atoms with Gasteiger partial charge < -0.3 is 4.74 Å². The normalized spacial score (nSPS) is 13.2. The van der Waals surface area contributed by atoms with Crippen LogP contribution in [0.15, 0.2) is 52.2 Å². The number of fused-ring (bicyclic) bond motifs is 1. The number of hydrogen-bond acceptors (Lipinski definition) is 6. The highest BCUT2D eigenvalue weighted by molar-refractivity contribution is 7.92. The minimum absolute atomic E-state index is 0.0611. The number of rotatable bonds is 7. The van der Waals surface area contributed by atoms with Gasteiger partial charge in [-0.15, -0.1) is 0 Å². The Morgan fingerprint density at radius 3 is 2.54 bits per heavy atom. The van der Waals surface area contributed by atoms with Gasteiger partial charge in [0.15, 0.2) is 0 Å². The van der Waals surface area contributed by atoms with E-state index in [1.165, 1.54) is 10.7 Å². The van der Waals surface area contributed by atoms with Crippen molar-refractivity contribution in [2.24, 2.45) is 0 Å². The van der Waals surface area contributed by atoms with Gasteiger partial charge in [0.2, 0.25) is 0 Å². The van der Waals surface area contributed by atoms with Crippen molar-refractivity contribution < 1.29 is 17.9 Å². The van der Waals surface area contributed by atoms with E-state index in [2.05, 4.69) is 9.82 Å². The summed E-state index contributed by atoms with van der Waals surface area (Å²) in [6.45, 7) is 5.97.